The maximum absolute atomic E-state index is 9.24. The van der Waals surface area contributed by atoms with Gasteiger partial charge in [-0.2, -0.15) is 5.26 Å². The number of halogens is 2. The van der Waals surface area contributed by atoms with Crippen molar-refractivity contribution in [2.45, 2.75) is 0 Å². The fourth-order valence-electron chi connectivity index (χ4n) is 2.47. The summed E-state index contributed by atoms with van der Waals surface area (Å²) in [6.07, 6.45) is 1.82. The van der Waals surface area contributed by atoms with Gasteiger partial charge in [-0.3, -0.25) is 0 Å². The first-order valence-corrected chi connectivity index (χ1v) is 7.27. The number of hydrogen-bond acceptors (Lipinski definition) is 2. The second-order valence-electron chi connectivity index (χ2n) is 4.98. The summed E-state index contributed by atoms with van der Waals surface area (Å²) in [6.45, 7) is 4.11. The minimum atomic E-state index is 0.321. The van der Waals surface area contributed by atoms with Crippen LogP contribution < -0.4 is 0 Å². The summed E-state index contributed by atoms with van der Waals surface area (Å²) in [5, 5.41) is 10.8. The van der Waals surface area contributed by atoms with Crippen molar-refractivity contribution < 1.29 is 0 Å². The van der Waals surface area contributed by atoms with E-state index in [2.05, 4.69) is 17.6 Å². The Morgan fingerprint density at radius 2 is 1.86 bits per heavy atom. The first-order valence-electron chi connectivity index (χ1n) is 6.51. The zero-order valence-corrected chi connectivity index (χ0v) is 13.3. The molecular formula is C17H11Cl2N3. The molecule has 5 heteroatoms. The Morgan fingerprint density at radius 1 is 1.18 bits per heavy atom. The third-order valence-electron chi connectivity index (χ3n) is 3.57. The lowest BCUT2D eigenvalue weighted by Crippen LogP contribution is -1.90. The summed E-state index contributed by atoms with van der Waals surface area (Å²) in [6, 6.07) is 11.5. The lowest BCUT2D eigenvalue weighted by molar-refractivity contribution is 0.967. The van der Waals surface area contributed by atoms with E-state index in [1.54, 1.807) is 12.1 Å². The van der Waals surface area contributed by atoms with Crippen molar-refractivity contribution in [2.75, 3.05) is 0 Å². The van der Waals surface area contributed by atoms with Crippen molar-refractivity contribution in [1.82, 2.24) is 9.55 Å². The Hall–Kier alpha value is -2.28. The Bertz CT molecular complexity index is 928. The van der Waals surface area contributed by atoms with E-state index in [-0.39, 0.29) is 0 Å². The molecule has 0 atom stereocenters. The summed E-state index contributed by atoms with van der Waals surface area (Å²) in [5.41, 5.74) is 4.13. The van der Waals surface area contributed by atoms with Crippen LogP contribution in [0, 0.1) is 11.3 Å². The molecular weight excluding hydrogens is 317 g/mol. The number of fused-ring (bicyclic) bond motifs is 1. The van der Waals surface area contributed by atoms with Gasteiger partial charge < -0.3 is 4.57 Å². The Balaban J connectivity index is 2.14. The third kappa shape index (κ3) is 2.48. The first kappa shape index (κ1) is 14.6. The highest BCUT2D eigenvalue weighted by Gasteiger charge is 2.10. The van der Waals surface area contributed by atoms with E-state index in [1.807, 2.05) is 36.0 Å². The second kappa shape index (κ2) is 5.49. The first-order chi connectivity index (χ1) is 10.5. The highest BCUT2D eigenvalue weighted by molar-refractivity contribution is 6.32. The predicted molar refractivity (Wildman–Crippen MR) is 90.0 cm³/mol. The molecule has 0 aliphatic heterocycles. The average Bonchev–Trinajstić information content (AvgIpc) is 2.81. The van der Waals surface area contributed by atoms with Gasteiger partial charge in [-0.1, -0.05) is 35.8 Å². The topological polar surface area (TPSA) is 41.6 Å². The molecule has 0 N–H and O–H groups in total. The fourth-order valence-corrected chi connectivity index (χ4v) is 2.94. The van der Waals surface area contributed by atoms with E-state index in [0.717, 1.165) is 27.6 Å². The van der Waals surface area contributed by atoms with Gasteiger partial charge in [-0.05, 0) is 41.0 Å². The van der Waals surface area contributed by atoms with E-state index >= 15 is 0 Å². The van der Waals surface area contributed by atoms with Gasteiger partial charge in [0.1, 0.15) is 16.4 Å². The number of aromatic nitrogens is 2. The normalized spacial score (nSPS) is 10.6. The van der Waals surface area contributed by atoms with Gasteiger partial charge in [-0.25, -0.2) is 4.98 Å². The van der Waals surface area contributed by atoms with E-state index < -0.39 is 0 Å². The zero-order valence-electron chi connectivity index (χ0n) is 11.8. The van der Waals surface area contributed by atoms with Gasteiger partial charge in [0, 0.05) is 24.1 Å². The molecule has 0 unspecified atom stereocenters. The molecule has 2 heterocycles. The smallest absolute Gasteiger partial charge is 0.131 e. The van der Waals surface area contributed by atoms with Crippen LogP contribution in [0.4, 0.5) is 0 Å². The van der Waals surface area contributed by atoms with Crippen molar-refractivity contribution >= 4 is 39.7 Å². The molecule has 0 radical (unpaired) electrons. The van der Waals surface area contributed by atoms with Crippen molar-refractivity contribution in [1.29, 1.82) is 5.26 Å². The van der Waals surface area contributed by atoms with Gasteiger partial charge in [-0.15, -0.1) is 0 Å². The monoisotopic (exact) mass is 327 g/mol. The van der Waals surface area contributed by atoms with Crippen molar-refractivity contribution in [3.63, 3.8) is 0 Å². The molecule has 0 spiro atoms. The highest BCUT2D eigenvalue weighted by atomic mass is 35.5. The quantitative estimate of drug-likeness (QED) is 0.633. The van der Waals surface area contributed by atoms with E-state index in [1.165, 1.54) is 0 Å². The van der Waals surface area contributed by atoms with E-state index in [4.69, 9.17) is 23.2 Å². The number of nitriles is 1. The van der Waals surface area contributed by atoms with Crippen LogP contribution in [0.5, 0.6) is 0 Å². The SMILES string of the molecule is C=C(c1cc(Cl)nc(Cl)c1)c1ccc2c(c1)c(C#N)cn2C. The Kier molecular flexibility index (Phi) is 3.66. The Labute approximate surface area is 138 Å². The third-order valence-corrected chi connectivity index (χ3v) is 3.96. The maximum atomic E-state index is 9.24. The van der Waals surface area contributed by atoms with Crippen molar-refractivity contribution in [3.05, 3.63) is 70.1 Å². The molecule has 3 rings (SSSR count). The van der Waals surface area contributed by atoms with E-state index in [0.29, 0.717) is 15.9 Å². The highest BCUT2D eigenvalue weighted by Crippen LogP contribution is 2.29. The summed E-state index contributed by atoms with van der Waals surface area (Å²) in [4.78, 5) is 3.93. The van der Waals surface area contributed by atoms with Gasteiger partial charge >= 0.3 is 0 Å². The van der Waals surface area contributed by atoms with Crippen LogP contribution in [0.15, 0.2) is 43.1 Å². The van der Waals surface area contributed by atoms with Gasteiger partial charge in [0.2, 0.25) is 0 Å². The van der Waals surface area contributed by atoms with Crippen molar-refractivity contribution in [3.8, 4) is 6.07 Å². The molecule has 3 nitrogen and oxygen atoms in total. The van der Waals surface area contributed by atoms with Crippen LogP contribution in [0.1, 0.15) is 16.7 Å². The number of pyridine rings is 1. The summed E-state index contributed by atoms with van der Waals surface area (Å²) in [7, 11) is 1.92. The van der Waals surface area contributed by atoms with Crippen LogP contribution in [0.2, 0.25) is 10.3 Å². The molecule has 22 heavy (non-hydrogen) atoms. The molecule has 0 aliphatic rings. The largest absolute Gasteiger partial charge is 0.349 e. The van der Waals surface area contributed by atoms with Crippen molar-refractivity contribution in [2.24, 2.45) is 7.05 Å². The second-order valence-corrected chi connectivity index (χ2v) is 5.75. The minimum Gasteiger partial charge on any atom is -0.349 e. The molecule has 3 aromatic rings. The molecule has 0 aliphatic carbocycles. The van der Waals surface area contributed by atoms with E-state index in [9.17, 15) is 5.26 Å². The van der Waals surface area contributed by atoms with Crippen LogP contribution in [0.25, 0.3) is 16.5 Å². The van der Waals surface area contributed by atoms with Gasteiger partial charge in [0.15, 0.2) is 0 Å². The minimum absolute atomic E-state index is 0.321. The molecule has 0 bridgehead atoms. The van der Waals surface area contributed by atoms with Gasteiger partial charge in [0.25, 0.3) is 0 Å². The fraction of sp³-hybridized carbons (Fsp3) is 0.0588. The zero-order chi connectivity index (χ0) is 15.9. The van der Waals surface area contributed by atoms with Crippen LogP contribution in [0.3, 0.4) is 0 Å². The molecule has 0 fully saturated rings. The average molecular weight is 328 g/mol. The summed E-state index contributed by atoms with van der Waals surface area (Å²) < 4.78 is 1.93. The maximum Gasteiger partial charge on any atom is 0.131 e. The van der Waals surface area contributed by atoms with Crippen LogP contribution in [-0.4, -0.2) is 9.55 Å². The lowest BCUT2D eigenvalue weighted by atomic mass is 9.98. The number of nitrogens with zero attached hydrogens (tertiary/aromatic N) is 3. The standard InChI is InChI=1S/C17H11Cl2N3/c1-10(12-6-16(18)21-17(19)7-12)11-3-4-15-14(5-11)13(8-20)9-22(15)2/h3-7,9H,1H2,2H3. The molecule has 0 saturated heterocycles. The molecule has 0 amide bonds. The summed E-state index contributed by atoms with van der Waals surface area (Å²) >= 11 is 11.9. The van der Waals surface area contributed by atoms with Crippen LogP contribution in [-0.2, 0) is 7.05 Å². The molecule has 0 saturated carbocycles. The molecule has 108 valence electrons. The molecule has 1 aromatic carbocycles. The number of hydrogen-bond donors (Lipinski definition) is 0. The number of rotatable bonds is 2. The predicted octanol–water partition coefficient (Wildman–Crippen LogP) is 4.81. The van der Waals surface area contributed by atoms with Crippen LogP contribution >= 0.6 is 23.2 Å². The summed E-state index contributed by atoms with van der Waals surface area (Å²) in [5.74, 6) is 0. The molecule has 2 aromatic heterocycles. The van der Waals surface area contributed by atoms with Gasteiger partial charge in [0.05, 0.1) is 5.56 Å². The Morgan fingerprint density at radius 3 is 2.50 bits per heavy atom. The lowest BCUT2D eigenvalue weighted by Gasteiger charge is -2.08. The number of benzene rings is 1. The number of aryl methyl sites for hydroxylation is 1.